The van der Waals surface area contributed by atoms with Gasteiger partial charge in [-0.1, -0.05) is 0 Å². The molecule has 1 aromatic carbocycles. The molecule has 0 unspecified atom stereocenters. The van der Waals surface area contributed by atoms with Gasteiger partial charge in [-0.2, -0.15) is 0 Å². The summed E-state index contributed by atoms with van der Waals surface area (Å²) in [6.45, 7) is 3.58. The second kappa shape index (κ2) is 8.64. The average molecular weight is 369 g/mol. The van der Waals surface area contributed by atoms with Gasteiger partial charge < -0.3 is 19.7 Å². The quantitative estimate of drug-likeness (QED) is 0.814. The third-order valence-electron chi connectivity index (χ3n) is 4.44. The summed E-state index contributed by atoms with van der Waals surface area (Å²) in [5.74, 6) is 0.399. The van der Waals surface area contributed by atoms with E-state index in [4.69, 9.17) is 9.47 Å². The van der Waals surface area contributed by atoms with Crippen LogP contribution in [0.4, 0.5) is 0 Å². The number of nitrogens with zero attached hydrogens (tertiary/aromatic N) is 2. The topological polar surface area (TPSA) is 80.8 Å². The maximum Gasteiger partial charge on any atom is 0.256 e. The van der Waals surface area contributed by atoms with Crippen LogP contribution in [0, 0.1) is 0 Å². The van der Waals surface area contributed by atoms with Crippen molar-refractivity contribution in [3.63, 3.8) is 0 Å². The minimum absolute atomic E-state index is 0.107. The van der Waals surface area contributed by atoms with Crippen molar-refractivity contribution in [3.05, 3.63) is 59.4 Å². The van der Waals surface area contributed by atoms with Gasteiger partial charge in [-0.05, 0) is 37.3 Å². The summed E-state index contributed by atoms with van der Waals surface area (Å²) in [4.78, 5) is 31.0. The van der Waals surface area contributed by atoms with Crippen LogP contribution in [-0.2, 0) is 11.3 Å². The van der Waals surface area contributed by atoms with Crippen molar-refractivity contribution in [1.82, 2.24) is 15.2 Å². The molecule has 0 fully saturated rings. The molecule has 2 amide bonds. The van der Waals surface area contributed by atoms with E-state index in [-0.39, 0.29) is 17.9 Å². The molecule has 1 aliphatic rings. The molecule has 1 aliphatic heterocycles. The van der Waals surface area contributed by atoms with Crippen LogP contribution in [0.5, 0.6) is 5.75 Å². The Bertz CT molecular complexity index is 810. The highest BCUT2D eigenvalue weighted by Crippen LogP contribution is 2.27. The molecule has 7 nitrogen and oxygen atoms in total. The summed E-state index contributed by atoms with van der Waals surface area (Å²) in [5.41, 5.74) is 1.86. The number of carbonyl (C=O) groups excluding carboxylic acids is 2. The molecule has 0 spiro atoms. The highest BCUT2D eigenvalue weighted by Gasteiger charge is 2.27. The van der Waals surface area contributed by atoms with Gasteiger partial charge in [0.05, 0.1) is 24.8 Å². The molecule has 2 heterocycles. The Morgan fingerprint density at radius 2 is 2.19 bits per heavy atom. The number of ether oxygens (including phenoxy) is 2. The number of amides is 2. The Morgan fingerprint density at radius 1 is 1.33 bits per heavy atom. The van der Waals surface area contributed by atoms with Crippen LogP contribution in [-0.4, -0.2) is 54.6 Å². The first-order valence-electron chi connectivity index (χ1n) is 8.84. The van der Waals surface area contributed by atoms with Crippen molar-refractivity contribution in [3.8, 4) is 5.75 Å². The third-order valence-corrected chi connectivity index (χ3v) is 4.44. The lowest BCUT2D eigenvalue weighted by Crippen LogP contribution is -2.39. The lowest BCUT2D eigenvalue weighted by Gasteiger charge is -2.26. The average Bonchev–Trinajstić information content (AvgIpc) is 2.86. The Kier molecular flexibility index (Phi) is 6.03. The van der Waals surface area contributed by atoms with Crippen LogP contribution in [0.3, 0.4) is 0 Å². The smallest absolute Gasteiger partial charge is 0.256 e. The van der Waals surface area contributed by atoms with Crippen molar-refractivity contribution in [1.29, 1.82) is 0 Å². The number of nitrogens with one attached hydrogen (secondary N) is 1. The molecule has 1 atom stereocenters. The first-order chi connectivity index (χ1) is 13.1. The van der Waals surface area contributed by atoms with Gasteiger partial charge in [-0.3, -0.25) is 14.6 Å². The maximum absolute atomic E-state index is 12.9. The van der Waals surface area contributed by atoms with E-state index in [9.17, 15) is 9.59 Å². The molecule has 0 radical (unpaired) electrons. The fourth-order valence-electron chi connectivity index (χ4n) is 2.92. The minimum atomic E-state index is -0.183. The van der Waals surface area contributed by atoms with E-state index in [1.54, 1.807) is 54.7 Å². The van der Waals surface area contributed by atoms with Crippen LogP contribution in [0.1, 0.15) is 33.2 Å². The zero-order valence-corrected chi connectivity index (χ0v) is 15.5. The van der Waals surface area contributed by atoms with Crippen molar-refractivity contribution >= 4 is 11.8 Å². The summed E-state index contributed by atoms with van der Waals surface area (Å²) < 4.78 is 10.8. The van der Waals surface area contributed by atoms with Gasteiger partial charge in [-0.15, -0.1) is 0 Å². The fraction of sp³-hybridized carbons (Fsp3) is 0.350. The van der Waals surface area contributed by atoms with Crippen LogP contribution in [0.15, 0.2) is 42.7 Å². The molecule has 0 bridgehead atoms. The van der Waals surface area contributed by atoms with E-state index in [0.717, 1.165) is 5.56 Å². The largest absolute Gasteiger partial charge is 0.491 e. The maximum atomic E-state index is 12.9. The molecule has 0 saturated heterocycles. The first kappa shape index (κ1) is 18.8. The SMILES string of the molecule is COCCNC(=O)c1ccc2c(c1)CN(C(=O)c1cccnc1)[C@@H](C)CO2. The van der Waals surface area contributed by atoms with Gasteiger partial charge in [0, 0.05) is 37.2 Å². The van der Waals surface area contributed by atoms with Crippen LogP contribution in [0.25, 0.3) is 0 Å². The molecule has 2 aromatic rings. The lowest BCUT2D eigenvalue weighted by atomic mass is 10.1. The number of carbonyl (C=O) groups is 2. The Balaban J connectivity index is 1.82. The Morgan fingerprint density at radius 3 is 2.93 bits per heavy atom. The Hall–Kier alpha value is -2.93. The van der Waals surface area contributed by atoms with Crippen molar-refractivity contribution in [2.24, 2.45) is 0 Å². The molecule has 142 valence electrons. The molecule has 27 heavy (non-hydrogen) atoms. The van der Waals surface area contributed by atoms with Gasteiger partial charge in [-0.25, -0.2) is 0 Å². The first-order valence-corrected chi connectivity index (χ1v) is 8.84. The zero-order valence-electron chi connectivity index (χ0n) is 15.5. The summed E-state index contributed by atoms with van der Waals surface area (Å²) >= 11 is 0. The van der Waals surface area contributed by atoms with E-state index >= 15 is 0 Å². The van der Waals surface area contributed by atoms with Gasteiger partial charge in [0.15, 0.2) is 0 Å². The van der Waals surface area contributed by atoms with Crippen molar-refractivity contribution in [2.75, 3.05) is 26.9 Å². The monoisotopic (exact) mass is 369 g/mol. The predicted molar refractivity (Wildman–Crippen MR) is 99.7 cm³/mol. The predicted octanol–water partition coefficient (Wildman–Crippen LogP) is 1.88. The fourth-order valence-corrected chi connectivity index (χ4v) is 2.92. The van der Waals surface area contributed by atoms with E-state index in [1.165, 1.54) is 0 Å². The van der Waals surface area contributed by atoms with Gasteiger partial charge in [0.1, 0.15) is 12.4 Å². The summed E-state index contributed by atoms with van der Waals surface area (Å²) in [6, 6.07) is 8.66. The number of aromatic nitrogens is 1. The third kappa shape index (κ3) is 4.43. The number of methoxy groups -OCH3 is 1. The van der Waals surface area contributed by atoms with Crippen LogP contribution < -0.4 is 10.1 Å². The van der Waals surface area contributed by atoms with Crippen LogP contribution >= 0.6 is 0 Å². The van der Waals surface area contributed by atoms with Crippen molar-refractivity contribution < 1.29 is 19.1 Å². The summed E-state index contributed by atoms with van der Waals surface area (Å²) in [7, 11) is 1.58. The Labute approximate surface area is 158 Å². The van der Waals surface area contributed by atoms with E-state index in [1.807, 2.05) is 6.92 Å². The second-order valence-corrected chi connectivity index (χ2v) is 6.41. The molecular formula is C20H23N3O4. The molecule has 1 aromatic heterocycles. The standard InChI is InChI=1S/C20H23N3O4/c1-14-13-27-18-6-5-15(19(24)22-8-9-26-2)10-17(18)12-23(14)20(25)16-4-3-7-21-11-16/h3-7,10-11,14H,8-9,12-13H2,1-2H3,(H,22,24)/t14-/m0/s1. The highest BCUT2D eigenvalue weighted by atomic mass is 16.5. The number of hydrogen-bond donors (Lipinski definition) is 1. The number of rotatable bonds is 5. The summed E-state index contributed by atoms with van der Waals surface area (Å²) in [5, 5.41) is 2.80. The second-order valence-electron chi connectivity index (χ2n) is 6.41. The minimum Gasteiger partial charge on any atom is -0.491 e. The zero-order chi connectivity index (χ0) is 19.2. The van der Waals surface area contributed by atoms with Crippen LogP contribution in [0.2, 0.25) is 0 Å². The molecule has 7 heteroatoms. The summed E-state index contributed by atoms with van der Waals surface area (Å²) in [6.07, 6.45) is 3.19. The molecule has 1 N–H and O–H groups in total. The number of hydrogen-bond acceptors (Lipinski definition) is 5. The normalized spacial score (nSPS) is 16.1. The molecule has 0 saturated carbocycles. The van der Waals surface area contributed by atoms with Crippen molar-refractivity contribution in [2.45, 2.75) is 19.5 Å². The molecule has 0 aliphatic carbocycles. The van der Waals surface area contributed by atoms with Gasteiger partial charge in [0.25, 0.3) is 11.8 Å². The molecule has 3 rings (SSSR count). The lowest BCUT2D eigenvalue weighted by molar-refractivity contribution is 0.0645. The van der Waals surface area contributed by atoms with E-state index in [2.05, 4.69) is 10.3 Å². The van der Waals surface area contributed by atoms with E-state index < -0.39 is 0 Å². The molecular weight excluding hydrogens is 346 g/mol. The number of benzene rings is 1. The highest BCUT2D eigenvalue weighted by molar-refractivity contribution is 5.95. The van der Waals surface area contributed by atoms with Gasteiger partial charge >= 0.3 is 0 Å². The number of pyridine rings is 1. The van der Waals surface area contributed by atoms with E-state index in [0.29, 0.717) is 43.2 Å². The van der Waals surface area contributed by atoms with Gasteiger partial charge in [0.2, 0.25) is 0 Å². The number of fused-ring (bicyclic) bond motifs is 1.